The molecule has 5 rings (SSSR count). The van der Waals surface area contributed by atoms with E-state index in [-0.39, 0.29) is 26.1 Å². The number of nitriles is 1. The summed E-state index contributed by atoms with van der Waals surface area (Å²) in [4.78, 5) is 21.1. The van der Waals surface area contributed by atoms with Crippen LogP contribution in [0.4, 0.5) is 18.9 Å². The van der Waals surface area contributed by atoms with E-state index in [9.17, 15) is 28.3 Å². The summed E-state index contributed by atoms with van der Waals surface area (Å²) in [5.74, 6) is -0.657. The fraction of sp³-hybridized carbons (Fsp3) is 0.542. The van der Waals surface area contributed by atoms with Crippen molar-refractivity contribution < 1.29 is 23.1 Å². The second-order valence-electron chi connectivity index (χ2n) is 10.0. The van der Waals surface area contributed by atoms with Gasteiger partial charge < -0.3 is 20.2 Å². The van der Waals surface area contributed by atoms with Gasteiger partial charge in [0.25, 0.3) is 0 Å². The predicted octanol–water partition coefficient (Wildman–Crippen LogP) is 2.44. The monoisotopic (exact) mass is 473 g/mol. The van der Waals surface area contributed by atoms with Crippen molar-refractivity contribution in [3.05, 3.63) is 36.0 Å². The quantitative estimate of drug-likeness (QED) is 0.709. The highest BCUT2D eigenvalue weighted by Crippen LogP contribution is 2.75. The molecule has 180 valence electrons. The molecule has 0 unspecified atom stereocenters. The molecular formula is C24H26F3N5O2. The first-order chi connectivity index (χ1) is 16.0. The SMILES string of the molecule is CN1CCC(O)(CNC(=O)[C@]23CN(c4ccc(C#N)c5ncccc45)C[C@@]2(C(F)(F)F)C3)CC1. The van der Waals surface area contributed by atoms with Crippen molar-refractivity contribution in [3.63, 3.8) is 0 Å². The molecule has 3 fully saturated rings. The van der Waals surface area contributed by atoms with Crippen LogP contribution < -0.4 is 10.2 Å². The number of benzene rings is 1. The number of aromatic nitrogens is 1. The van der Waals surface area contributed by atoms with Gasteiger partial charge in [-0.3, -0.25) is 9.78 Å². The number of nitrogens with one attached hydrogen (secondary N) is 1. The van der Waals surface area contributed by atoms with Gasteiger partial charge in [-0.1, -0.05) is 0 Å². The Bertz CT molecular complexity index is 1190. The zero-order valence-electron chi connectivity index (χ0n) is 18.8. The van der Waals surface area contributed by atoms with Crippen LogP contribution in [0.5, 0.6) is 0 Å². The van der Waals surface area contributed by atoms with E-state index in [1.165, 1.54) is 6.20 Å². The number of amides is 1. The Morgan fingerprint density at radius 2 is 2.00 bits per heavy atom. The summed E-state index contributed by atoms with van der Waals surface area (Å²) in [6, 6.07) is 8.65. The second kappa shape index (κ2) is 7.55. The van der Waals surface area contributed by atoms with Crippen LogP contribution in [0.25, 0.3) is 10.9 Å². The van der Waals surface area contributed by atoms with Gasteiger partial charge in [0.1, 0.15) is 11.5 Å². The first-order valence-corrected chi connectivity index (χ1v) is 11.3. The summed E-state index contributed by atoms with van der Waals surface area (Å²) in [5, 5.41) is 23.4. The van der Waals surface area contributed by atoms with Gasteiger partial charge in [-0.2, -0.15) is 18.4 Å². The number of carbonyl (C=O) groups excluding carboxylic acids is 1. The van der Waals surface area contributed by atoms with Crippen LogP contribution in [0.3, 0.4) is 0 Å². The number of fused-ring (bicyclic) bond motifs is 2. The Balaban J connectivity index is 1.42. The van der Waals surface area contributed by atoms with Gasteiger partial charge in [0.2, 0.25) is 5.91 Å². The van der Waals surface area contributed by atoms with Crippen molar-refractivity contribution >= 4 is 22.5 Å². The summed E-state index contributed by atoms with van der Waals surface area (Å²) >= 11 is 0. The number of alkyl halides is 3. The molecule has 2 atom stereocenters. The summed E-state index contributed by atoms with van der Waals surface area (Å²) in [6.07, 6.45) is -2.37. The highest BCUT2D eigenvalue weighted by Gasteiger charge is 2.86. The largest absolute Gasteiger partial charge is 0.397 e. The molecule has 0 bridgehead atoms. The molecule has 0 spiro atoms. The van der Waals surface area contributed by atoms with Gasteiger partial charge in [-0.15, -0.1) is 0 Å². The number of halogens is 3. The Labute approximate surface area is 195 Å². The number of piperidine rings is 2. The number of nitrogens with zero attached hydrogens (tertiary/aromatic N) is 4. The maximum absolute atomic E-state index is 14.3. The third-order valence-electron chi connectivity index (χ3n) is 8.00. The predicted molar refractivity (Wildman–Crippen MR) is 119 cm³/mol. The topological polar surface area (TPSA) is 92.5 Å². The fourth-order valence-corrected chi connectivity index (χ4v) is 5.74. The van der Waals surface area contributed by atoms with E-state index in [0.29, 0.717) is 48.1 Å². The number of rotatable bonds is 4. The molecule has 2 aliphatic heterocycles. The number of pyridine rings is 1. The number of hydrogen-bond donors (Lipinski definition) is 2. The standard InChI is InChI=1S/C24H26F3N5O2/c1-31-9-6-21(34,7-10-31)13-30-20(33)22-12-23(22,24(25,26)27)15-32(14-22)18-5-4-16(11-28)19-17(18)3-2-8-29-19/h2-5,8,34H,6-7,9-10,12-15H2,1H3,(H,30,33)/t22-,23-/m0/s1. The van der Waals surface area contributed by atoms with Crippen molar-refractivity contribution in [3.8, 4) is 6.07 Å². The lowest BCUT2D eigenvalue weighted by Crippen LogP contribution is -2.52. The fourth-order valence-electron chi connectivity index (χ4n) is 5.74. The Morgan fingerprint density at radius 1 is 1.26 bits per heavy atom. The van der Waals surface area contributed by atoms with E-state index in [4.69, 9.17) is 0 Å². The van der Waals surface area contributed by atoms with Gasteiger partial charge in [-0.25, -0.2) is 0 Å². The molecule has 1 saturated carbocycles. The lowest BCUT2D eigenvalue weighted by molar-refractivity contribution is -0.191. The lowest BCUT2D eigenvalue weighted by atomic mass is 9.90. The first-order valence-electron chi connectivity index (χ1n) is 11.3. The summed E-state index contributed by atoms with van der Waals surface area (Å²) in [6.45, 7) is 0.846. The molecule has 0 radical (unpaired) electrons. The highest BCUT2D eigenvalue weighted by atomic mass is 19.4. The van der Waals surface area contributed by atoms with Gasteiger partial charge in [0.15, 0.2) is 0 Å². The Hall–Kier alpha value is -2.90. The first kappa shape index (κ1) is 22.9. The van der Waals surface area contributed by atoms with Crippen LogP contribution in [0, 0.1) is 22.2 Å². The molecule has 2 N–H and O–H groups in total. The van der Waals surface area contributed by atoms with Crippen LogP contribution in [0.2, 0.25) is 0 Å². The molecule has 3 aliphatic rings. The van der Waals surface area contributed by atoms with E-state index in [0.717, 1.165) is 0 Å². The number of hydrogen-bond acceptors (Lipinski definition) is 6. The molecule has 3 heterocycles. The van der Waals surface area contributed by atoms with E-state index >= 15 is 0 Å². The normalized spacial score (nSPS) is 28.4. The minimum atomic E-state index is -4.55. The lowest BCUT2D eigenvalue weighted by Gasteiger charge is -2.37. The van der Waals surface area contributed by atoms with Gasteiger partial charge in [0, 0.05) is 50.0 Å². The number of aliphatic hydroxyl groups is 1. The van der Waals surface area contributed by atoms with E-state index < -0.39 is 28.5 Å². The van der Waals surface area contributed by atoms with Gasteiger partial charge >= 0.3 is 6.18 Å². The van der Waals surface area contributed by atoms with E-state index in [1.54, 1.807) is 29.2 Å². The van der Waals surface area contributed by atoms with Crippen molar-refractivity contribution in [1.29, 1.82) is 5.26 Å². The molecule has 1 aromatic carbocycles. The van der Waals surface area contributed by atoms with Gasteiger partial charge in [0.05, 0.1) is 22.1 Å². The Morgan fingerprint density at radius 3 is 2.68 bits per heavy atom. The zero-order chi connectivity index (χ0) is 24.4. The third-order valence-corrected chi connectivity index (χ3v) is 8.00. The summed E-state index contributed by atoms with van der Waals surface area (Å²) in [5.41, 5.74) is -3.56. The smallest absolute Gasteiger partial charge is 0.388 e. The number of likely N-dealkylation sites (tertiary alicyclic amines) is 1. The minimum Gasteiger partial charge on any atom is -0.388 e. The summed E-state index contributed by atoms with van der Waals surface area (Å²) < 4.78 is 42.9. The maximum Gasteiger partial charge on any atom is 0.397 e. The molecule has 7 nitrogen and oxygen atoms in total. The molecule has 2 aromatic rings. The second-order valence-corrected chi connectivity index (χ2v) is 10.0. The average molecular weight is 473 g/mol. The molecule has 1 amide bonds. The average Bonchev–Trinajstić information content (AvgIpc) is 3.36. The Kier molecular flexibility index (Phi) is 5.08. The van der Waals surface area contributed by atoms with Crippen LogP contribution in [0.15, 0.2) is 30.5 Å². The number of carbonyl (C=O) groups is 1. The third kappa shape index (κ3) is 3.33. The van der Waals surface area contributed by atoms with Crippen LogP contribution in [0.1, 0.15) is 24.8 Å². The van der Waals surface area contributed by atoms with Crippen LogP contribution in [-0.4, -0.2) is 72.4 Å². The maximum atomic E-state index is 14.3. The van der Waals surface area contributed by atoms with E-state index in [1.807, 2.05) is 7.05 Å². The van der Waals surface area contributed by atoms with Crippen molar-refractivity contribution in [2.45, 2.75) is 31.0 Å². The van der Waals surface area contributed by atoms with Crippen molar-refractivity contribution in [1.82, 2.24) is 15.2 Å². The highest BCUT2D eigenvalue weighted by molar-refractivity contribution is 5.97. The molecule has 34 heavy (non-hydrogen) atoms. The van der Waals surface area contributed by atoms with Crippen LogP contribution >= 0.6 is 0 Å². The van der Waals surface area contributed by atoms with Gasteiger partial charge in [-0.05, 0) is 50.6 Å². The number of anilines is 1. The molecular weight excluding hydrogens is 447 g/mol. The molecule has 10 heteroatoms. The minimum absolute atomic E-state index is 0.0565. The zero-order valence-corrected chi connectivity index (χ0v) is 18.8. The molecule has 2 saturated heterocycles. The molecule has 1 aromatic heterocycles. The van der Waals surface area contributed by atoms with Crippen molar-refractivity contribution in [2.75, 3.05) is 44.7 Å². The van der Waals surface area contributed by atoms with Crippen LogP contribution in [-0.2, 0) is 4.79 Å². The molecule has 1 aliphatic carbocycles. The summed E-state index contributed by atoms with van der Waals surface area (Å²) in [7, 11) is 1.94. The van der Waals surface area contributed by atoms with E-state index in [2.05, 4.69) is 21.3 Å². The van der Waals surface area contributed by atoms with Crippen molar-refractivity contribution in [2.24, 2.45) is 10.8 Å².